The smallest absolute Gasteiger partial charge is 0.125 e. The van der Waals surface area contributed by atoms with Crippen molar-refractivity contribution in [3.63, 3.8) is 0 Å². The van der Waals surface area contributed by atoms with Gasteiger partial charge in [0.15, 0.2) is 0 Å². The number of ether oxygens (including phenoxy) is 4. The average Bonchev–Trinajstić information content (AvgIpc) is 2.99. The third-order valence-electron chi connectivity index (χ3n) is 7.89. The molecule has 0 spiro atoms. The maximum atomic E-state index is 11.6. The highest BCUT2D eigenvalue weighted by Gasteiger charge is 2.21. The molecule has 5 rings (SSSR count). The lowest BCUT2D eigenvalue weighted by molar-refractivity contribution is 0.134. The molecule has 1 aliphatic carbocycles. The van der Waals surface area contributed by atoms with Crippen LogP contribution in [0.2, 0.25) is 0 Å². The fourth-order valence-corrected chi connectivity index (χ4v) is 5.99. The van der Waals surface area contributed by atoms with Crippen molar-refractivity contribution in [3.05, 3.63) is 116 Å². The first-order valence-electron chi connectivity index (χ1n) is 14.6. The summed E-state index contributed by atoms with van der Waals surface area (Å²) >= 11 is 0. The van der Waals surface area contributed by atoms with Crippen molar-refractivity contribution in [1.29, 1.82) is 0 Å². The summed E-state index contributed by atoms with van der Waals surface area (Å²) in [6.45, 7) is 6.09. The van der Waals surface area contributed by atoms with Gasteiger partial charge in [0.2, 0.25) is 0 Å². The van der Waals surface area contributed by atoms with E-state index in [2.05, 4.69) is 0 Å². The van der Waals surface area contributed by atoms with Gasteiger partial charge in [-0.2, -0.15) is 0 Å². The van der Waals surface area contributed by atoms with Gasteiger partial charge in [-0.3, -0.25) is 0 Å². The summed E-state index contributed by atoms with van der Waals surface area (Å²) in [5.74, 6) is 2.05. The van der Waals surface area contributed by atoms with Gasteiger partial charge in [0.25, 0.3) is 0 Å². The number of benzene rings is 4. The largest absolute Gasteiger partial charge is 0.507 e. The van der Waals surface area contributed by atoms with Gasteiger partial charge in [0.05, 0.1) is 27.4 Å². The Hall–Kier alpha value is -4.00. The van der Waals surface area contributed by atoms with Crippen molar-refractivity contribution in [2.45, 2.75) is 52.7 Å². The molecule has 8 bridgehead atoms. The molecular weight excluding hydrogens is 528 g/mol. The normalized spacial score (nSPS) is 12.7. The zero-order chi connectivity index (χ0) is 29.6. The second-order valence-electron chi connectivity index (χ2n) is 10.7. The van der Waals surface area contributed by atoms with Crippen LogP contribution in [0.25, 0.3) is 0 Å². The zero-order valence-corrected chi connectivity index (χ0v) is 25.0. The van der Waals surface area contributed by atoms with Crippen LogP contribution in [-0.2, 0) is 48.4 Å². The van der Waals surface area contributed by atoms with Crippen molar-refractivity contribution < 1.29 is 29.2 Å². The Bertz CT molecular complexity index is 1350. The van der Waals surface area contributed by atoms with Crippen LogP contribution in [0.4, 0.5) is 0 Å². The maximum absolute atomic E-state index is 11.6. The molecule has 0 heterocycles. The molecule has 0 saturated heterocycles. The lowest BCUT2D eigenvalue weighted by atomic mass is 9.90. The Labute approximate surface area is 248 Å². The van der Waals surface area contributed by atoms with Gasteiger partial charge in [-0.25, -0.2) is 0 Å². The molecule has 0 fully saturated rings. The fraction of sp³-hybridized carbons (Fsp3) is 0.333. The predicted molar refractivity (Wildman–Crippen MR) is 164 cm³/mol. The van der Waals surface area contributed by atoms with Gasteiger partial charge in [0.1, 0.15) is 23.0 Å². The Morgan fingerprint density at radius 3 is 1.10 bits per heavy atom. The summed E-state index contributed by atoms with van der Waals surface area (Å²) in [7, 11) is 3.35. The van der Waals surface area contributed by atoms with E-state index in [4.69, 9.17) is 18.9 Å². The van der Waals surface area contributed by atoms with Crippen LogP contribution >= 0.6 is 0 Å². The molecule has 6 nitrogen and oxygen atoms in total. The van der Waals surface area contributed by atoms with Crippen molar-refractivity contribution in [2.75, 3.05) is 27.4 Å². The molecule has 0 amide bonds. The minimum Gasteiger partial charge on any atom is -0.507 e. The molecular formula is C36H40O6. The van der Waals surface area contributed by atoms with Crippen LogP contribution in [0.15, 0.2) is 60.7 Å². The zero-order valence-electron chi connectivity index (χ0n) is 25.0. The molecule has 220 valence electrons. The monoisotopic (exact) mass is 568 g/mol. The number of phenolic OH excluding ortho intramolecular Hbond substituents is 2. The number of para-hydroxylation sites is 2. The third kappa shape index (κ3) is 6.25. The molecule has 4 aromatic rings. The highest BCUT2D eigenvalue weighted by molar-refractivity contribution is 5.56. The highest BCUT2D eigenvalue weighted by atomic mass is 16.5. The van der Waals surface area contributed by atoms with Crippen molar-refractivity contribution >= 4 is 0 Å². The molecule has 0 atom stereocenters. The summed E-state index contributed by atoms with van der Waals surface area (Å²) in [6, 6.07) is 20.2. The first-order valence-corrected chi connectivity index (χ1v) is 14.6. The van der Waals surface area contributed by atoms with E-state index in [-0.39, 0.29) is 11.5 Å². The lowest BCUT2D eigenvalue weighted by Crippen LogP contribution is -2.06. The summed E-state index contributed by atoms with van der Waals surface area (Å²) in [4.78, 5) is 0. The molecule has 6 heteroatoms. The van der Waals surface area contributed by atoms with E-state index in [0.717, 1.165) is 67.1 Å². The number of hydrogen-bond acceptors (Lipinski definition) is 6. The molecule has 0 aliphatic heterocycles. The van der Waals surface area contributed by atoms with Gasteiger partial charge in [0, 0.05) is 38.9 Å². The van der Waals surface area contributed by atoms with E-state index in [9.17, 15) is 10.2 Å². The Balaban J connectivity index is 1.74. The topological polar surface area (TPSA) is 77.4 Å². The number of rotatable bonds is 8. The van der Waals surface area contributed by atoms with E-state index in [1.807, 2.05) is 74.5 Å². The summed E-state index contributed by atoms with van der Waals surface area (Å²) < 4.78 is 23.5. The highest BCUT2D eigenvalue weighted by Crippen LogP contribution is 2.38. The molecule has 0 unspecified atom stereocenters. The number of hydrogen-bond donors (Lipinski definition) is 2. The van der Waals surface area contributed by atoms with Gasteiger partial charge in [-0.05, 0) is 93.7 Å². The van der Waals surface area contributed by atoms with Crippen LogP contribution in [0.3, 0.4) is 0 Å². The first kappa shape index (κ1) is 29.5. The number of aromatic hydroxyl groups is 2. The Morgan fingerprint density at radius 2 is 0.833 bits per heavy atom. The third-order valence-corrected chi connectivity index (χ3v) is 7.89. The minimum absolute atomic E-state index is 0.269. The van der Waals surface area contributed by atoms with Gasteiger partial charge in [-0.1, -0.05) is 36.4 Å². The van der Waals surface area contributed by atoms with Crippen molar-refractivity contribution in [2.24, 2.45) is 0 Å². The fourth-order valence-electron chi connectivity index (χ4n) is 5.99. The van der Waals surface area contributed by atoms with Crippen LogP contribution < -0.4 is 9.47 Å². The summed E-state index contributed by atoms with van der Waals surface area (Å²) in [6.07, 6.45) is 1.92. The van der Waals surface area contributed by atoms with Gasteiger partial charge >= 0.3 is 0 Å². The second-order valence-corrected chi connectivity index (χ2v) is 10.7. The van der Waals surface area contributed by atoms with E-state index >= 15 is 0 Å². The average molecular weight is 569 g/mol. The molecule has 0 aromatic heterocycles. The van der Waals surface area contributed by atoms with E-state index in [1.54, 1.807) is 14.2 Å². The second kappa shape index (κ2) is 13.3. The quantitative estimate of drug-likeness (QED) is 0.213. The van der Waals surface area contributed by atoms with Crippen LogP contribution in [0.1, 0.15) is 69.5 Å². The Kier molecular flexibility index (Phi) is 9.35. The van der Waals surface area contributed by atoms with Crippen LogP contribution in [0.5, 0.6) is 23.0 Å². The molecule has 42 heavy (non-hydrogen) atoms. The first-order chi connectivity index (χ1) is 20.4. The van der Waals surface area contributed by atoms with E-state index in [0.29, 0.717) is 52.1 Å². The number of fused-ring (bicyclic) bond motifs is 8. The summed E-state index contributed by atoms with van der Waals surface area (Å²) in [5, 5.41) is 23.1. The number of phenols is 2. The molecule has 0 saturated carbocycles. The van der Waals surface area contributed by atoms with E-state index in [1.165, 1.54) is 0 Å². The van der Waals surface area contributed by atoms with Gasteiger partial charge in [-0.15, -0.1) is 0 Å². The van der Waals surface area contributed by atoms with E-state index < -0.39 is 0 Å². The Morgan fingerprint density at radius 1 is 0.524 bits per heavy atom. The molecule has 2 N–H and O–H groups in total. The lowest BCUT2D eigenvalue weighted by Gasteiger charge is -2.20. The van der Waals surface area contributed by atoms with Crippen molar-refractivity contribution in [1.82, 2.24) is 0 Å². The molecule has 1 aliphatic rings. The minimum atomic E-state index is 0.269. The standard InChI is InChI=1S/C36H40O6/c1-5-41-21-23-13-29-17-25-9-7-11-27(35(25)39-3)19-31-15-24(22-42-6-2)16-32(34(31)38)20-28-12-8-10-26(36(28)40-4)18-30(14-23)33(29)37/h7-16,37-38H,5-6,17-22H2,1-4H3. The maximum Gasteiger partial charge on any atom is 0.125 e. The van der Waals surface area contributed by atoms with Gasteiger partial charge < -0.3 is 29.2 Å². The predicted octanol–water partition coefficient (Wildman–Crippen LogP) is 6.86. The summed E-state index contributed by atoms with van der Waals surface area (Å²) in [5.41, 5.74) is 9.09. The molecule has 4 aromatic carbocycles. The van der Waals surface area contributed by atoms with Crippen molar-refractivity contribution in [3.8, 4) is 23.0 Å². The van der Waals surface area contributed by atoms with Crippen LogP contribution in [-0.4, -0.2) is 37.6 Å². The SMILES string of the molecule is CCOCc1cc2c(O)c(c1)Cc1cccc(c1OC)Cc1cc(COCC)cc(c1O)Cc1cccc(c1OC)C2. The van der Waals surface area contributed by atoms with Crippen LogP contribution in [0, 0.1) is 0 Å². The molecule has 0 radical (unpaired) electrons. The number of methoxy groups -OCH3 is 2.